The Morgan fingerprint density at radius 1 is 0.579 bits per heavy atom. The van der Waals surface area contributed by atoms with Crippen molar-refractivity contribution < 1.29 is 23.9 Å². The van der Waals surface area contributed by atoms with E-state index in [1.54, 1.807) is 36.4 Å². The molecule has 0 aromatic heterocycles. The van der Waals surface area contributed by atoms with Crippen molar-refractivity contribution in [1.82, 2.24) is 4.90 Å². The van der Waals surface area contributed by atoms with E-state index in [0.717, 1.165) is 16.9 Å². The first-order valence-electron chi connectivity index (χ1n) is 12.1. The van der Waals surface area contributed by atoms with Crippen LogP contribution >= 0.6 is 0 Å². The lowest BCUT2D eigenvalue weighted by Gasteiger charge is -2.14. The molecule has 0 aliphatic carbocycles. The van der Waals surface area contributed by atoms with Crippen LogP contribution < -0.4 is 9.64 Å². The number of carbonyl (C=O) groups is 4. The first-order valence-corrected chi connectivity index (χ1v) is 12.1. The summed E-state index contributed by atoms with van der Waals surface area (Å²) in [4.78, 5) is 53.0. The van der Waals surface area contributed by atoms with Crippen LogP contribution in [0.2, 0.25) is 0 Å². The van der Waals surface area contributed by atoms with Gasteiger partial charge in [0.1, 0.15) is 11.5 Å². The maximum atomic E-state index is 13.3. The van der Waals surface area contributed by atoms with Gasteiger partial charge in [-0.3, -0.25) is 24.1 Å². The number of nitrogens with zero attached hydrogens (tertiary/aromatic N) is 2. The van der Waals surface area contributed by atoms with Crippen LogP contribution in [-0.2, 0) is 6.42 Å². The first-order chi connectivity index (χ1) is 18.3. The highest BCUT2D eigenvalue weighted by atomic mass is 16.5. The van der Waals surface area contributed by atoms with Crippen molar-refractivity contribution >= 4 is 29.3 Å². The largest absolute Gasteiger partial charge is 0.457 e. The maximum absolute atomic E-state index is 13.3. The molecule has 0 saturated heterocycles. The number of hydrogen-bond donors (Lipinski definition) is 0. The minimum Gasteiger partial charge on any atom is -0.457 e. The van der Waals surface area contributed by atoms with Crippen molar-refractivity contribution in [2.24, 2.45) is 0 Å². The monoisotopic (exact) mass is 502 g/mol. The van der Waals surface area contributed by atoms with E-state index in [-0.39, 0.29) is 17.0 Å². The molecule has 0 saturated carbocycles. The van der Waals surface area contributed by atoms with Crippen molar-refractivity contribution in [3.05, 3.63) is 124 Å². The summed E-state index contributed by atoms with van der Waals surface area (Å²) in [6, 6.07) is 25.0. The molecule has 6 rings (SSSR count). The van der Waals surface area contributed by atoms with Gasteiger partial charge in [0.05, 0.1) is 27.9 Å². The Kier molecular flexibility index (Phi) is 5.42. The summed E-state index contributed by atoms with van der Waals surface area (Å²) < 4.78 is 5.89. The number of anilines is 1. The normalized spacial score (nSPS) is 14.3. The van der Waals surface area contributed by atoms with Crippen LogP contribution in [0.1, 0.15) is 58.1 Å². The highest BCUT2D eigenvalue weighted by Crippen LogP contribution is 2.34. The summed E-state index contributed by atoms with van der Waals surface area (Å²) in [5.74, 6) is -0.902. The van der Waals surface area contributed by atoms with Gasteiger partial charge in [0.2, 0.25) is 0 Å². The Morgan fingerprint density at radius 3 is 1.66 bits per heavy atom. The number of benzene rings is 4. The Bertz CT molecular complexity index is 1660. The number of imide groups is 2. The van der Waals surface area contributed by atoms with Crippen molar-refractivity contribution in [2.75, 3.05) is 11.9 Å². The van der Waals surface area contributed by atoms with Crippen LogP contribution in [0.25, 0.3) is 0 Å². The van der Waals surface area contributed by atoms with Gasteiger partial charge in [0, 0.05) is 7.05 Å². The van der Waals surface area contributed by atoms with Crippen molar-refractivity contribution in [3.8, 4) is 11.5 Å². The molecular formula is C31H22N2O5. The van der Waals surface area contributed by atoms with E-state index in [1.165, 1.54) is 35.2 Å². The summed E-state index contributed by atoms with van der Waals surface area (Å²) in [7, 11) is 1.43. The van der Waals surface area contributed by atoms with Gasteiger partial charge in [-0.25, -0.2) is 4.90 Å². The fraction of sp³-hybridized carbons (Fsp3) is 0.0968. The molecule has 0 spiro atoms. The zero-order valence-corrected chi connectivity index (χ0v) is 20.7. The molecule has 2 aliphatic rings. The Labute approximate surface area is 218 Å². The number of carbonyl (C=O) groups excluding carboxylic acids is 4. The number of ether oxygens (including phenoxy) is 1. The number of amides is 4. The summed E-state index contributed by atoms with van der Waals surface area (Å²) in [5, 5.41) is 0. The summed E-state index contributed by atoms with van der Waals surface area (Å²) >= 11 is 0. The minimum atomic E-state index is -0.432. The summed E-state index contributed by atoms with van der Waals surface area (Å²) in [6.07, 6.45) is 0.752. The predicted octanol–water partition coefficient (Wildman–Crippen LogP) is 5.40. The van der Waals surface area contributed by atoms with Crippen LogP contribution in [0, 0.1) is 6.92 Å². The second kappa shape index (κ2) is 8.81. The number of rotatable bonds is 5. The molecule has 0 bridgehead atoms. The van der Waals surface area contributed by atoms with Crippen LogP contribution in [0.3, 0.4) is 0 Å². The van der Waals surface area contributed by atoms with Crippen LogP contribution in [0.4, 0.5) is 5.69 Å². The number of hydrogen-bond acceptors (Lipinski definition) is 5. The zero-order chi connectivity index (χ0) is 26.6. The molecule has 2 heterocycles. The van der Waals surface area contributed by atoms with E-state index in [0.29, 0.717) is 28.3 Å². The zero-order valence-electron chi connectivity index (χ0n) is 20.7. The molecule has 0 unspecified atom stereocenters. The van der Waals surface area contributed by atoms with Gasteiger partial charge >= 0.3 is 0 Å². The molecule has 0 fully saturated rings. The van der Waals surface area contributed by atoms with E-state index in [1.807, 2.05) is 19.1 Å². The molecule has 0 radical (unpaired) electrons. The standard InChI is InChI=1S/C31H22N2O5/c1-18-3-5-19(6-4-18)15-20-7-9-21(10-8-20)33-30(36)25-14-12-23(17-27(25)31(33)37)38-22-11-13-24-26(16-22)29(35)32(2)28(24)34/h3-14,16-17H,15H2,1-2H3. The lowest BCUT2D eigenvalue weighted by Crippen LogP contribution is -2.29. The SMILES string of the molecule is Cc1ccc(Cc2ccc(N3C(=O)c4ccc(Oc5ccc6c(c5)C(=O)N(C)C6=O)cc4C3=O)cc2)cc1. The Morgan fingerprint density at radius 2 is 1.05 bits per heavy atom. The molecule has 7 heteroatoms. The van der Waals surface area contributed by atoms with Gasteiger partial charge in [-0.15, -0.1) is 0 Å². The lowest BCUT2D eigenvalue weighted by atomic mass is 10.0. The van der Waals surface area contributed by atoms with E-state index < -0.39 is 17.7 Å². The number of aryl methyl sites for hydroxylation is 1. The smallest absolute Gasteiger partial charge is 0.266 e. The average molecular weight is 503 g/mol. The van der Waals surface area contributed by atoms with E-state index in [9.17, 15) is 19.2 Å². The van der Waals surface area contributed by atoms with Crippen molar-refractivity contribution in [1.29, 1.82) is 0 Å². The quantitative estimate of drug-likeness (QED) is 0.341. The van der Waals surface area contributed by atoms with Gasteiger partial charge in [0.15, 0.2) is 0 Å². The van der Waals surface area contributed by atoms with Crippen LogP contribution in [0.15, 0.2) is 84.9 Å². The first kappa shape index (κ1) is 23.4. The lowest BCUT2D eigenvalue weighted by molar-refractivity contribution is 0.0692. The molecule has 0 atom stereocenters. The topological polar surface area (TPSA) is 84.0 Å². The summed E-state index contributed by atoms with van der Waals surface area (Å²) in [5.41, 5.74) is 5.08. The van der Waals surface area contributed by atoms with Gasteiger partial charge in [-0.2, -0.15) is 0 Å². The summed E-state index contributed by atoms with van der Waals surface area (Å²) in [6.45, 7) is 2.05. The average Bonchev–Trinajstić information content (AvgIpc) is 3.30. The third-order valence-corrected chi connectivity index (χ3v) is 6.88. The predicted molar refractivity (Wildman–Crippen MR) is 141 cm³/mol. The van der Waals surface area contributed by atoms with E-state index in [4.69, 9.17) is 4.74 Å². The number of fused-ring (bicyclic) bond motifs is 2. The highest BCUT2D eigenvalue weighted by molar-refractivity contribution is 6.34. The minimum absolute atomic E-state index is 0.239. The van der Waals surface area contributed by atoms with Crippen molar-refractivity contribution in [2.45, 2.75) is 13.3 Å². The van der Waals surface area contributed by atoms with Crippen LogP contribution in [-0.4, -0.2) is 35.6 Å². The molecule has 2 aliphatic heterocycles. The molecule has 38 heavy (non-hydrogen) atoms. The maximum Gasteiger partial charge on any atom is 0.266 e. The molecule has 4 amide bonds. The van der Waals surface area contributed by atoms with Gasteiger partial charge in [-0.05, 0) is 73.0 Å². The second-order valence-corrected chi connectivity index (χ2v) is 9.46. The van der Waals surface area contributed by atoms with E-state index in [2.05, 4.69) is 24.3 Å². The third kappa shape index (κ3) is 3.85. The fourth-order valence-corrected chi connectivity index (χ4v) is 4.76. The second-order valence-electron chi connectivity index (χ2n) is 9.46. The third-order valence-electron chi connectivity index (χ3n) is 6.88. The van der Waals surface area contributed by atoms with Gasteiger partial charge < -0.3 is 4.74 Å². The molecule has 4 aromatic carbocycles. The van der Waals surface area contributed by atoms with E-state index >= 15 is 0 Å². The van der Waals surface area contributed by atoms with Gasteiger partial charge in [-0.1, -0.05) is 42.0 Å². The molecule has 186 valence electrons. The highest BCUT2D eigenvalue weighted by Gasteiger charge is 2.37. The molecule has 0 N–H and O–H groups in total. The Hall–Kier alpha value is -5.04. The molecule has 7 nitrogen and oxygen atoms in total. The molecule has 4 aromatic rings. The van der Waals surface area contributed by atoms with Crippen molar-refractivity contribution in [3.63, 3.8) is 0 Å². The molecular weight excluding hydrogens is 480 g/mol. The fourth-order valence-electron chi connectivity index (χ4n) is 4.76. The van der Waals surface area contributed by atoms with Crippen LogP contribution in [0.5, 0.6) is 11.5 Å². The Balaban J connectivity index is 1.21. The van der Waals surface area contributed by atoms with Gasteiger partial charge in [0.25, 0.3) is 23.6 Å².